The predicted octanol–water partition coefficient (Wildman–Crippen LogP) is 2.63. The number of nitrogens with one attached hydrogen (secondary N) is 1. The Kier molecular flexibility index (Phi) is 7.64. The molecule has 1 atom stereocenters. The summed E-state index contributed by atoms with van der Waals surface area (Å²) in [6.45, 7) is 7.50. The van der Waals surface area contributed by atoms with Gasteiger partial charge in [0.25, 0.3) is 5.69 Å². The van der Waals surface area contributed by atoms with Gasteiger partial charge in [0.15, 0.2) is 0 Å². The largest absolute Gasteiger partial charge is 0.463 e. The van der Waals surface area contributed by atoms with Crippen molar-refractivity contribution in [2.45, 2.75) is 26.4 Å². The van der Waals surface area contributed by atoms with Crippen LogP contribution in [-0.4, -0.2) is 29.2 Å². The van der Waals surface area contributed by atoms with Gasteiger partial charge in [0, 0.05) is 24.4 Å². The summed E-state index contributed by atoms with van der Waals surface area (Å²) in [5.41, 5.74) is 1.55. The quantitative estimate of drug-likeness (QED) is 0.237. The molecule has 0 saturated carbocycles. The van der Waals surface area contributed by atoms with Gasteiger partial charge in [0.1, 0.15) is 0 Å². The van der Waals surface area contributed by atoms with Crippen LogP contribution in [0.3, 0.4) is 0 Å². The van der Waals surface area contributed by atoms with Crippen LogP contribution in [0.15, 0.2) is 48.2 Å². The summed E-state index contributed by atoms with van der Waals surface area (Å²) in [7, 11) is 0. The van der Waals surface area contributed by atoms with E-state index in [0.29, 0.717) is 23.3 Å². The third-order valence-electron chi connectivity index (χ3n) is 3.37. The van der Waals surface area contributed by atoms with Crippen LogP contribution in [0.4, 0.5) is 5.69 Å². The second kappa shape index (κ2) is 9.46. The first-order valence-electron chi connectivity index (χ1n) is 7.54. The van der Waals surface area contributed by atoms with Crippen LogP contribution in [0.5, 0.6) is 0 Å². The van der Waals surface area contributed by atoms with E-state index in [-0.39, 0.29) is 18.8 Å². The Labute approximate surface area is 140 Å². The first kappa shape index (κ1) is 19.4. The molecule has 130 valence electrons. The van der Waals surface area contributed by atoms with E-state index in [1.807, 2.05) is 0 Å². The summed E-state index contributed by atoms with van der Waals surface area (Å²) < 4.78 is 4.99. The van der Waals surface area contributed by atoms with E-state index in [4.69, 9.17) is 4.74 Å². The zero-order valence-electron chi connectivity index (χ0n) is 13.8. The summed E-state index contributed by atoms with van der Waals surface area (Å²) in [5, 5.41) is 23.8. The number of non-ortho nitro benzene ring substituents is 1. The lowest BCUT2D eigenvalue weighted by Crippen LogP contribution is -2.23. The minimum Gasteiger partial charge on any atom is -0.463 e. The van der Waals surface area contributed by atoms with E-state index in [1.54, 1.807) is 19.9 Å². The number of benzene rings is 1. The van der Waals surface area contributed by atoms with Crippen molar-refractivity contribution in [3.63, 3.8) is 0 Å². The van der Waals surface area contributed by atoms with E-state index >= 15 is 0 Å². The molecule has 0 spiro atoms. The summed E-state index contributed by atoms with van der Waals surface area (Å²) >= 11 is 0. The minimum absolute atomic E-state index is 0.0365. The Hall–Kier alpha value is -2.67. The van der Waals surface area contributed by atoms with E-state index in [0.717, 1.165) is 0 Å². The number of nitrogens with zero attached hydrogens (tertiary/aromatic N) is 1. The number of carbonyl (C=O) groups is 1. The van der Waals surface area contributed by atoms with Gasteiger partial charge in [-0.2, -0.15) is 0 Å². The molecule has 7 nitrogen and oxygen atoms in total. The molecule has 0 fully saturated rings. The molecule has 1 rings (SSSR count). The van der Waals surface area contributed by atoms with Gasteiger partial charge in [-0.1, -0.05) is 6.08 Å². The Morgan fingerprint density at radius 3 is 2.58 bits per heavy atom. The molecule has 0 heterocycles. The van der Waals surface area contributed by atoms with Crippen molar-refractivity contribution in [1.82, 2.24) is 5.32 Å². The lowest BCUT2D eigenvalue weighted by atomic mass is 10.1. The number of nitro benzene ring substituents is 1. The van der Waals surface area contributed by atoms with Crippen LogP contribution in [-0.2, 0) is 9.53 Å². The highest BCUT2D eigenvalue weighted by molar-refractivity contribution is 5.89. The summed E-state index contributed by atoms with van der Waals surface area (Å²) in [4.78, 5) is 22.0. The van der Waals surface area contributed by atoms with Gasteiger partial charge < -0.3 is 15.2 Å². The molecule has 0 aliphatic carbocycles. The van der Waals surface area contributed by atoms with Crippen LogP contribution in [0.2, 0.25) is 0 Å². The van der Waals surface area contributed by atoms with Crippen molar-refractivity contribution in [2.24, 2.45) is 0 Å². The molecule has 0 saturated heterocycles. The second-order valence-electron chi connectivity index (χ2n) is 5.06. The van der Waals surface area contributed by atoms with Crippen molar-refractivity contribution in [1.29, 1.82) is 0 Å². The Morgan fingerprint density at radius 2 is 2.08 bits per heavy atom. The number of hydrogen-bond acceptors (Lipinski definition) is 6. The minimum atomic E-state index is -0.868. The fourth-order valence-corrected chi connectivity index (χ4v) is 2.04. The van der Waals surface area contributed by atoms with Crippen molar-refractivity contribution < 1.29 is 19.6 Å². The molecule has 7 heteroatoms. The number of esters is 1. The molecular weight excluding hydrogens is 312 g/mol. The highest BCUT2D eigenvalue weighted by Crippen LogP contribution is 2.18. The Morgan fingerprint density at radius 1 is 1.46 bits per heavy atom. The fourth-order valence-electron chi connectivity index (χ4n) is 2.04. The molecule has 0 radical (unpaired) electrons. The van der Waals surface area contributed by atoms with Crippen molar-refractivity contribution in [3.8, 4) is 0 Å². The van der Waals surface area contributed by atoms with Gasteiger partial charge in [-0.15, -0.1) is 6.58 Å². The van der Waals surface area contributed by atoms with Gasteiger partial charge in [-0.3, -0.25) is 10.1 Å². The summed E-state index contributed by atoms with van der Waals surface area (Å²) in [6.07, 6.45) is 1.09. The number of aliphatic hydroxyl groups is 1. The molecule has 24 heavy (non-hydrogen) atoms. The third-order valence-corrected chi connectivity index (χ3v) is 3.37. The molecule has 0 amide bonds. The van der Waals surface area contributed by atoms with E-state index < -0.39 is 17.0 Å². The highest BCUT2D eigenvalue weighted by Gasteiger charge is 2.15. The standard InChI is InChI=1S/C17H22N2O5/c1-4-6-15(17(21)24-5-2)12(3)18-11-16(20)13-7-9-14(10-8-13)19(22)23/h4,7-10,16,18,20H,1,5-6,11H2,2-3H3/b15-12+/t16-/m0/s1. The summed E-state index contributed by atoms with van der Waals surface area (Å²) in [6, 6.07) is 5.67. The van der Waals surface area contributed by atoms with Gasteiger partial charge in [-0.05, 0) is 38.0 Å². The smallest absolute Gasteiger partial charge is 0.336 e. The van der Waals surface area contributed by atoms with Crippen LogP contribution < -0.4 is 5.32 Å². The molecule has 0 aliphatic rings. The zero-order chi connectivity index (χ0) is 18.1. The highest BCUT2D eigenvalue weighted by atomic mass is 16.6. The average Bonchev–Trinajstić information content (AvgIpc) is 2.57. The Balaban J connectivity index is 2.77. The lowest BCUT2D eigenvalue weighted by Gasteiger charge is -2.16. The molecule has 0 aliphatic heterocycles. The van der Waals surface area contributed by atoms with Crippen LogP contribution in [0.25, 0.3) is 0 Å². The number of aliphatic hydroxyl groups excluding tert-OH is 1. The Bertz CT molecular complexity index is 622. The predicted molar refractivity (Wildman–Crippen MR) is 90.2 cm³/mol. The van der Waals surface area contributed by atoms with Crippen molar-refractivity contribution in [2.75, 3.05) is 13.2 Å². The number of ether oxygens (including phenoxy) is 1. The molecular formula is C17H22N2O5. The zero-order valence-corrected chi connectivity index (χ0v) is 13.8. The summed E-state index contributed by atoms with van der Waals surface area (Å²) in [5.74, 6) is -0.424. The van der Waals surface area contributed by atoms with E-state index in [2.05, 4.69) is 11.9 Å². The second-order valence-corrected chi connectivity index (χ2v) is 5.06. The van der Waals surface area contributed by atoms with Crippen LogP contribution >= 0.6 is 0 Å². The monoisotopic (exact) mass is 334 g/mol. The number of nitro groups is 1. The molecule has 0 aromatic heterocycles. The number of carbonyl (C=O) groups excluding carboxylic acids is 1. The first-order valence-corrected chi connectivity index (χ1v) is 7.54. The molecule has 1 aromatic rings. The number of allylic oxidation sites excluding steroid dienone is 2. The van der Waals surface area contributed by atoms with Gasteiger partial charge in [-0.25, -0.2) is 4.79 Å². The van der Waals surface area contributed by atoms with Crippen LogP contribution in [0.1, 0.15) is 31.9 Å². The first-order chi connectivity index (χ1) is 11.4. The normalized spacial score (nSPS) is 12.8. The van der Waals surface area contributed by atoms with Crippen molar-refractivity contribution >= 4 is 11.7 Å². The maximum Gasteiger partial charge on any atom is 0.336 e. The number of rotatable bonds is 9. The van der Waals surface area contributed by atoms with Gasteiger partial charge >= 0.3 is 5.97 Å². The average molecular weight is 334 g/mol. The maximum atomic E-state index is 11.9. The fraction of sp³-hybridized carbons (Fsp3) is 0.353. The van der Waals surface area contributed by atoms with Crippen molar-refractivity contribution in [3.05, 3.63) is 63.9 Å². The maximum absolute atomic E-state index is 11.9. The topological polar surface area (TPSA) is 102 Å². The molecule has 2 N–H and O–H groups in total. The molecule has 0 bridgehead atoms. The third kappa shape index (κ3) is 5.51. The van der Waals surface area contributed by atoms with Gasteiger partial charge in [0.2, 0.25) is 0 Å². The molecule has 1 aromatic carbocycles. The number of hydrogen-bond donors (Lipinski definition) is 2. The van der Waals surface area contributed by atoms with Crippen LogP contribution in [0, 0.1) is 10.1 Å². The SMILES string of the molecule is C=CC/C(C(=O)OCC)=C(/C)NC[C@H](O)c1ccc([N+](=O)[O-])cc1. The van der Waals surface area contributed by atoms with E-state index in [1.165, 1.54) is 24.3 Å². The molecule has 0 unspecified atom stereocenters. The van der Waals surface area contributed by atoms with E-state index in [9.17, 15) is 20.0 Å². The lowest BCUT2D eigenvalue weighted by molar-refractivity contribution is -0.384. The van der Waals surface area contributed by atoms with Gasteiger partial charge in [0.05, 0.1) is 23.2 Å².